The lowest BCUT2D eigenvalue weighted by molar-refractivity contribution is 0.416. The van der Waals surface area contributed by atoms with Crippen molar-refractivity contribution in [3.63, 3.8) is 0 Å². The Morgan fingerprint density at radius 3 is 2.95 bits per heavy atom. The van der Waals surface area contributed by atoms with Crippen LogP contribution in [0.25, 0.3) is 0 Å². The summed E-state index contributed by atoms with van der Waals surface area (Å²) in [6.07, 6.45) is 6.06. The van der Waals surface area contributed by atoms with E-state index in [0.29, 0.717) is 30.4 Å². The maximum Gasteiger partial charge on any atom is 0.246 e. The van der Waals surface area contributed by atoms with E-state index in [0.717, 1.165) is 25.8 Å². The van der Waals surface area contributed by atoms with Gasteiger partial charge in [-0.15, -0.1) is 0 Å². The predicted molar refractivity (Wildman–Crippen MR) is 77.9 cm³/mol. The molecule has 1 aliphatic heterocycles. The zero-order valence-electron chi connectivity index (χ0n) is 12.2. The molecule has 6 nitrogen and oxygen atoms in total. The Labute approximate surface area is 121 Å². The van der Waals surface area contributed by atoms with Gasteiger partial charge in [-0.05, 0) is 32.2 Å². The second-order valence-corrected chi connectivity index (χ2v) is 7.42. The SMILES string of the molecule is CNCCn1cc(S(=O)(=O)N2CCCC(C)CC2)cn1. The van der Waals surface area contributed by atoms with E-state index in [4.69, 9.17) is 0 Å². The molecule has 1 aliphatic rings. The smallest absolute Gasteiger partial charge is 0.246 e. The maximum absolute atomic E-state index is 12.6. The van der Waals surface area contributed by atoms with Crippen molar-refractivity contribution in [1.82, 2.24) is 19.4 Å². The Morgan fingerprint density at radius 2 is 2.20 bits per heavy atom. The van der Waals surface area contributed by atoms with Crippen molar-refractivity contribution in [2.45, 2.75) is 37.6 Å². The summed E-state index contributed by atoms with van der Waals surface area (Å²) in [5.74, 6) is 0.605. The molecule has 2 heterocycles. The first-order valence-corrected chi connectivity index (χ1v) is 8.65. The predicted octanol–water partition coefficient (Wildman–Crippen LogP) is 0.913. The van der Waals surface area contributed by atoms with Crippen LogP contribution in [0.3, 0.4) is 0 Å². The first-order valence-electron chi connectivity index (χ1n) is 7.21. The fourth-order valence-corrected chi connectivity index (χ4v) is 3.90. The standard InChI is InChI=1S/C13H24N4O2S/c1-12-4-3-7-17(8-5-12)20(18,19)13-10-15-16(11-13)9-6-14-2/h10-12,14H,3-9H2,1-2H3. The monoisotopic (exact) mass is 300 g/mol. The summed E-state index contributed by atoms with van der Waals surface area (Å²) >= 11 is 0. The summed E-state index contributed by atoms with van der Waals surface area (Å²) in [5.41, 5.74) is 0. The lowest BCUT2D eigenvalue weighted by Gasteiger charge is -2.18. The molecule has 0 saturated carbocycles. The van der Waals surface area contributed by atoms with Gasteiger partial charge in [0, 0.05) is 25.8 Å². The number of rotatable bonds is 5. The van der Waals surface area contributed by atoms with Gasteiger partial charge in [0.15, 0.2) is 0 Å². The van der Waals surface area contributed by atoms with Gasteiger partial charge >= 0.3 is 0 Å². The van der Waals surface area contributed by atoms with Crippen LogP contribution in [0.2, 0.25) is 0 Å². The first kappa shape index (κ1) is 15.5. The molecule has 0 aromatic carbocycles. The Morgan fingerprint density at radius 1 is 1.40 bits per heavy atom. The van der Waals surface area contributed by atoms with E-state index in [1.807, 2.05) is 7.05 Å². The number of aromatic nitrogens is 2. The molecule has 0 amide bonds. The van der Waals surface area contributed by atoms with Gasteiger partial charge in [0.25, 0.3) is 0 Å². The van der Waals surface area contributed by atoms with Crippen LogP contribution in [-0.2, 0) is 16.6 Å². The average Bonchev–Trinajstić information content (AvgIpc) is 2.79. The van der Waals surface area contributed by atoms with Crippen molar-refractivity contribution >= 4 is 10.0 Å². The van der Waals surface area contributed by atoms with Crippen molar-refractivity contribution in [2.24, 2.45) is 5.92 Å². The lowest BCUT2D eigenvalue weighted by atomic mass is 10.0. The van der Waals surface area contributed by atoms with Gasteiger partial charge in [0.05, 0.1) is 12.7 Å². The quantitative estimate of drug-likeness (QED) is 0.878. The number of hydrogen-bond acceptors (Lipinski definition) is 4. The third-order valence-electron chi connectivity index (χ3n) is 3.81. The maximum atomic E-state index is 12.6. The highest BCUT2D eigenvalue weighted by molar-refractivity contribution is 7.89. The van der Waals surface area contributed by atoms with E-state index in [1.54, 1.807) is 15.2 Å². The van der Waals surface area contributed by atoms with Crippen LogP contribution in [0.4, 0.5) is 0 Å². The second-order valence-electron chi connectivity index (χ2n) is 5.48. The summed E-state index contributed by atoms with van der Waals surface area (Å²) in [6.45, 7) is 4.86. The van der Waals surface area contributed by atoms with Gasteiger partial charge < -0.3 is 5.32 Å². The van der Waals surface area contributed by atoms with Crippen LogP contribution < -0.4 is 5.32 Å². The third kappa shape index (κ3) is 3.59. The van der Waals surface area contributed by atoms with E-state index >= 15 is 0 Å². The van der Waals surface area contributed by atoms with Gasteiger partial charge in [-0.3, -0.25) is 4.68 Å². The average molecular weight is 300 g/mol. The molecule has 114 valence electrons. The third-order valence-corrected chi connectivity index (χ3v) is 5.67. The van der Waals surface area contributed by atoms with Crippen molar-refractivity contribution in [2.75, 3.05) is 26.7 Å². The summed E-state index contributed by atoms with van der Waals surface area (Å²) in [6, 6.07) is 0. The molecule has 1 unspecified atom stereocenters. The largest absolute Gasteiger partial charge is 0.318 e. The zero-order valence-corrected chi connectivity index (χ0v) is 13.1. The highest BCUT2D eigenvalue weighted by Gasteiger charge is 2.27. The molecular weight excluding hydrogens is 276 g/mol. The molecule has 7 heteroatoms. The lowest BCUT2D eigenvalue weighted by Crippen LogP contribution is -2.31. The number of sulfonamides is 1. The summed E-state index contributed by atoms with van der Waals surface area (Å²) in [4.78, 5) is 0.308. The molecule has 1 saturated heterocycles. The summed E-state index contributed by atoms with van der Waals surface area (Å²) in [5, 5.41) is 7.14. The van der Waals surface area contributed by atoms with Crippen LogP contribution in [-0.4, -0.2) is 49.2 Å². The van der Waals surface area contributed by atoms with E-state index in [9.17, 15) is 8.42 Å². The van der Waals surface area contributed by atoms with E-state index in [2.05, 4.69) is 17.3 Å². The van der Waals surface area contributed by atoms with Crippen molar-refractivity contribution in [3.8, 4) is 0 Å². The van der Waals surface area contributed by atoms with Crippen molar-refractivity contribution in [1.29, 1.82) is 0 Å². The second kappa shape index (κ2) is 6.69. The normalized spacial score (nSPS) is 21.8. The van der Waals surface area contributed by atoms with Crippen molar-refractivity contribution in [3.05, 3.63) is 12.4 Å². The summed E-state index contributed by atoms with van der Waals surface area (Å²) in [7, 11) is -1.52. The Balaban J connectivity index is 2.10. The minimum absolute atomic E-state index is 0.308. The van der Waals surface area contributed by atoms with Crippen molar-refractivity contribution < 1.29 is 8.42 Å². The molecule has 1 atom stereocenters. The van der Waals surface area contributed by atoms with Gasteiger partial charge in [0.1, 0.15) is 4.90 Å². The molecule has 20 heavy (non-hydrogen) atoms. The summed E-state index contributed by atoms with van der Waals surface area (Å²) < 4.78 is 28.5. The fraction of sp³-hybridized carbons (Fsp3) is 0.769. The highest BCUT2D eigenvalue weighted by Crippen LogP contribution is 2.22. The molecule has 1 N–H and O–H groups in total. The number of likely N-dealkylation sites (N-methyl/N-ethyl adjacent to an activating group) is 1. The first-order chi connectivity index (χ1) is 9.54. The molecule has 1 aromatic heterocycles. The number of nitrogens with zero attached hydrogens (tertiary/aromatic N) is 3. The molecular formula is C13H24N4O2S. The minimum Gasteiger partial charge on any atom is -0.318 e. The molecule has 1 aromatic rings. The van der Waals surface area contributed by atoms with Crippen LogP contribution in [0.5, 0.6) is 0 Å². The van der Waals surface area contributed by atoms with Crippen LogP contribution in [0.1, 0.15) is 26.2 Å². The number of nitrogens with one attached hydrogen (secondary N) is 1. The van der Waals surface area contributed by atoms with E-state index < -0.39 is 10.0 Å². The molecule has 1 fully saturated rings. The van der Waals surface area contributed by atoms with Gasteiger partial charge in [-0.1, -0.05) is 6.92 Å². The minimum atomic E-state index is -3.38. The van der Waals surface area contributed by atoms with Crippen LogP contribution in [0.15, 0.2) is 17.3 Å². The van der Waals surface area contributed by atoms with Gasteiger partial charge in [0.2, 0.25) is 10.0 Å². The Bertz CT molecular complexity index is 526. The molecule has 0 spiro atoms. The fourth-order valence-electron chi connectivity index (χ4n) is 2.45. The van der Waals surface area contributed by atoms with Crippen LogP contribution in [0, 0.1) is 5.92 Å². The molecule has 0 aliphatic carbocycles. The molecule has 0 bridgehead atoms. The topological polar surface area (TPSA) is 67.2 Å². The van der Waals surface area contributed by atoms with Crippen LogP contribution >= 0.6 is 0 Å². The highest BCUT2D eigenvalue weighted by atomic mass is 32.2. The zero-order chi connectivity index (χ0) is 14.6. The van der Waals surface area contributed by atoms with Gasteiger partial charge in [-0.2, -0.15) is 9.40 Å². The Hall–Kier alpha value is -0.920. The van der Waals surface area contributed by atoms with E-state index in [-0.39, 0.29) is 0 Å². The molecule has 0 radical (unpaired) electrons. The van der Waals surface area contributed by atoms with Gasteiger partial charge in [-0.25, -0.2) is 8.42 Å². The number of hydrogen-bond donors (Lipinski definition) is 1. The Kier molecular flexibility index (Phi) is 5.17. The van der Waals surface area contributed by atoms with E-state index in [1.165, 1.54) is 6.20 Å². The molecule has 2 rings (SSSR count).